The van der Waals surface area contributed by atoms with Gasteiger partial charge in [-0.15, -0.1) is 0 Å². The van der Waals surface area contributed by atoms with E-state index in [1.54, 1.807) is 22.7 Å². The van der Waals surface area contributed by atoms with Crippen molar-refractivity contribution in [3.63, 3.8) is 0 Å². The van der Waals surface area contributed by atoms with Crippen molar-refractivity contribution < 1.29 is 22.8 Å². The Morgan fingerprint density at radius 3 is 2.64 bits per heavy atom. The van der Waals surface area contributed by atoms with Crippen LogP contribution in [0.25, 0.3) is 0 Å². The molecule has 3 heterocycles. The first-order chi connectivity index (χ1) is 13.3. The number of benzene rings is 1. The largest absolute Gasteiger partial charge is 0.336 e. The standard InChI is InChI=1S/C17H17F3N6O2/c1-9-7-26-14(13(6-22-26)24-3-2-21-16(24)27)8-25(9)17(28)23-10-4-11(18)15(20)12(19)5-10/h4-6,9H,2-3,7-8H2,1H3,(H,21,27)(H,23,28)/t9-/m0/s1. The lowest BCUT2D eigenvalue weighted by Gasteiger charge is -2.34. The predicted octanol–water partition coefficient (Wildman–Crippen LogP) is 2.27. The number of nitrogens with zero attached hydrogens (tertiary/aromatic N) is 4. The number of halogens is 3. The number of carbonyl (C=O) groups is 2. The molecule has 8 nitrogen and oxygen atoms in total. The highest BCUT2D eigenvalue weighted by molar-refractivity contribution is 5.95. The fourth-order valence-corrected chi connectivity index (χ4v) is 3.41. The van der Waals surface area contributed by atoms with Gasteiger partial charge in [-0.2, -0.15) is 5.10 Å². The first-order valence-electron chi connectivity index (χ1n) is 8.67. The van der Waals surface area contributed by atoms with Crippen molar-refractivity contribution in [3.8, 4) is 0 Å². The van der Waals surface area contributed by atoms with Crippen LogP contribution in [-0.4, -0.2) is 45.9 Å². The SMILES string of the molecule is C[C@H]1Cn2ncc(N3CCNC3=O)c2CN1C(=O)Nc1cc(F)c(F)c(F)c1. The van der Waals surface area contributed by atoms with Gasteiger partial charge >= 0.3 is 12.1 Å². The van der Waals surface area contributed by atoms with E-state index in [9.17, 15) is 22.8 Å². The number of carbonyl (C=O) groups excluding carboxylic acids is 2. The molecule has 1 saturated heterocycles. The van der Waals surface area contributed by atoms with Crippen LogP contribution in [0.15, 0.2) is 18.3 Å². The number of hydrogen-bond acceptors (Lipinski definition) is 3. The Kier molecular flexibility index (Phi) is 4.36. The molecule has 2 aliphatic rings. The first kappa shape index (κ1) is 18.1. The summed E-state index contributed by atoms with van der Waals surface area (Å²) in [5.41, 5.74) is 1.10. The number of hydrogen-bond donors (Lipinski definition) is 2. The van der Waals surface area contributed by atoms with E-state index in [1.807, 2.05) is 0 Å². The molecule has 11 heteroatoms. The third kappa shape index (κ3) is 3.02. The fourth-order valence-electron chi connectivity index (χ4n) is 3.41. The molecule has 0 radical (unpaired) electrons. The maximum Gasteiger partial charge on any atom is 0.322 e. The highest BCUT2D eigenvalue weighted by atomic mass is 19.2. The Balaban J connectivity index is 1.56. The normalized spacial score (nSPS) is 18.9. The predicted molar refractivity (Wildman–Crippen MR) is 93.3 cm³/mol. The molecule has 0 saturated carbocycles. The van der Waals surface area contributed by atoms with Crippen LogP contribution in [0.1, 0.15) is 12.6 Å². The van der Waals surface area contributed by atoms with E-state index in [0.717, 1.165) is 12.1 Å². The van der Waals surface area contributed by atoms with E-state index in [1.165, 1.54) is 4.90 Å². The molecule has 0 bridgehead atoms. The lowest BCUT2D eigenvalue weighted by atomic mass is 10.2. The molecule has 1 aromatic carbocycles. The van der Waals surface area contributed by atoms with Gasteiger partial charge in [-0.05, 0) is 6.92 Å². The van der Waals surface area contributed by atoms with E-state index in [0.29, 0.717) is 31.0 Å². The highest BCUT2D eigenvalue weighted by Gasteiger charge is 2.33. The molecular weight excluding hydrogens is 377 g/mol. The van der Waals surface area contributed by atoms with Crippen LogP contribution in [-0.2, 0) is 13.1 Å². The average molecular weight is 394 g/mol. The van der Waals surface area contributed by atoms with E-state index < -0.39 is 23.5 Å². The molecule has 4 amide bonds. The summed E-state index contributed by atoms with van der Waals surface area (Å²) in [6.07, 6.45) is 1.58. The minimum absolute atomic E-state index is 0.151. The second-order valence-corrected chi connectivity index (χ2v) is 6.70. The maximum atomic E-state index is 13.4. The highest BCUT2D eigenvalue weighted by Crippen LogP contribution is 2.28. The van der Waals surface area contributed by atoms with Crippen LogP contribution < -0.4 is 15.5 Å². The number of anilines is 2. The zero-order valence-electron chi connectivity index (χ0n) is 14.9. The Hall–Kier alpha value is -3.24. The molecule has 28 heavy (non-hydrogen) atoms. The Bertz CT molecular complexity index is 939. The molecule has 2 N–H and O–H groups in total. The number of fused-ring (bicyclic) bond motifs is 1. The van der Waals surface area contributed by atoms with Gasteiger partial charge in [0, 0.05) is 30.9 Å². The summed E-state index contributed by atoms with van der Waals surface area (Å²) < 4.78 is 41.6. The molecule has 0 aliphatic carbocycles. The van der Waals surface area contributed by atoms with Gasteiger partial charge in [-0.3, -0.25) is 9.58 Å². The average Bonchev–Trinajstić information content (AvgIpc) is 3.24. The number of amides is 4. The second-order valence-electron chi connectivity index (χ2n) is 6.70. The first-order valence-corrected chi connectivity index (χ1v) is 8.67. The molecule has 4 rings (SSSR count). The van der Waals surface area contributed by atoms with Crippen LogP contribution in [0.2, 0.25) is 0 Å². The van der Waals surface area contributed by atoms with E-state index in [2.05, 4.69) is 15.7 Å². The van der Waals surface area contributed by atoms with Crippen LogP contribution in [0.5, 0.6) is 0 Å². The Labute approximate surface area is 157 Å². The third-order valence-electron chi connectivity index (χ3n) is 4.86. The van der Waals surface area contributed by atoms with Gasteiger partial charge in [0.2, 0.25) is 0 Å². The molecule has 1 fully saturated rings. The summed E-state index contributed by atoms with van der Waals surface area (Å²) in [7, 11) is 0. The lowest BCUT2D eigenvalue weighted by Crippen LogP contribution is -2.47. The Morgan fingerprint density at radius 2 is 2.00 bits per heavy atom. The summed E-state index contributed by atoms with van der Waals surface area (Å²) in [5.74, 6) is -4.37. The molecular formula is C17H17F3N6O2. The monoisotopic (exact) mass is 394 g/mol. The molecule has 1 aromatic heterocycles. The van der Waals surface area contributed by atoms with Gasteiger partial charge in [0.1, 0.15) is 0 Å². The van der Waals surface area contributed by atoms with Gasteiger partial charge in [0.05, 0.1) is 36.7 Å². The van der Waals surface area contributed by atoms with Crippen molar-refractivity contribution in [2.45, 2.75) is 26.1 Å². The summed E-state index contributed by atoms with van der Waals surface area (Å²) in [6, 6.07) is 0.345. The molecule has 2 aromatic rings. The van der Waals surface area contributed by atoms with Gasteiger partial charge in [-0.25, -0.2) is 22.8 Å². The number of urea groups is 2. The van der Waals surface area contributed by atoms with Gasteiger partial charge < -0.3 is 15.5 Å². The van der Waals surface area contributed by atoms with Crippen molar-refractivity contribution >= 4 is 23.4 Å². The van der Waals surface area contributed by atoms with Crippen molar-refractivity contribution in [1.29, 1.82) is 0 Å². The van der Waals surface area contributed by atoms with Crippen LogP contribution in [0.3, 0.4) is 0 Å². The van der Waals surface area contributed by atoms with Crippen molar-refractivity contribution in [1.82, 2.24) is 20.0 Å². The molecule has 0 unspecified atom stereocenters. The Morgan fingerprint density at radius 1 is 1.29 bits per heavy atom. The van der Waals surface area contributed by atoms with Crippen LogP contribution >= 0.6 is 0 Å². The molecule has 0 spiro atoms. The van der Waals surface area contributed by atoms with Gasteiger partial charge in [0.25, 0.3) is 0 Å². The summed E-state index contributed by atoms with van der Waals surface area (Å²) in [4.78, 5) is 27.6. The summed E-state index contributed by atoms with van der Waals surface area (Å²) in [6.45, 7) is 3.36. The van der Waals surface area contributed by atoms with E-state index >= 15 is 0 Å². The number of nitrogens with one attached hydrogen (secondary N) is 2. The van der Waals surface area contributed by atoms with Crippen molar-refractivity contribution in [2.75, 3.05) is 23.3 Å². The zero-order valence-corrected chi connectivity index (χ0v) is 14.9. The van der Waals surface area contributed by atoms with E-state index in [-0.39, 0.29) is 24.3 Å². The fraction of sp³-hybridized carbons (Fsp3) is 0.353. The smallest absolute Gasteiger partial charge is 0.322 e. The van der Waals surface area contributed by atoms with Crippen LogP contribution in [0, 0.1) is 17.5 Å². The van der Waals surface area contributed by atoms with Gasteiger partial charge in [-0.1, -0.05) is 0 Å². The minimum Gasteiger partial charge on any atom is -0.336 e. The molecule has 1 atom stereocenters. The van der Waals surface area contributed by atoms with Crippen molar-refractivity contribution in [2.24, 2.45) is 0 Å². The number of rotatable bonds is 2. The van der Waals surface area contributed by atoms with Crippen molar-refractivity contribution in [3.05, 3.63) is 41.5 Å². The minimum atomic E-state index is -1.60. The topological polar surface area (TPSA) is 82.5 Å². The zero-order chi connectivity index (χ0) is 20.0. The maximum absolute atomic E-state index is 13.4. The van der Waals surface area contributed by atoms with E-state index in [4.69, 9.17) is 0 Å². The lowest BCUT2D eigenvalue weighted by molar-refractivity contribution is 0.161. The van der Waals surface area contributed by atoms with Crippen LogP contribution in [0.4, 0.5) is 34.1 Å². The van der Waals surface area contributed by atoms with Gasteiger partial charge in [0.15, 0.2) is 17.5 Å². The molecule has 148 valence electrons. The summed E-state index contributed by atoms with van der Waals surface area (Å²) >= 11 is 0. The number of aromatic nitrogens is 2. The summed E-state index contributed by atoms with van der Waals surface area (Å²) in [5, 5.41) is 9.39. The quantitative estimate of drug-likeness (QED) is 0.767. The molecule has 2 aliphatic heterocycles. The third-order valence-corrected chi connectivity index (χ3v) is 4.86. The second kappa shape index (κ2) is 6.73.